The maximum atomic E-state index is 12.7. The van der Waals surface area contributed by atoms with Gasteiger partial charge in [-0.2, -0.15) is 0 Å². The van der Waals surface area contributed by atoms with Crippen LogP contribution in [0, 0.1) is 6.92 Å². The maximum absolute atomic E-state index is 12.7. The van der Waals surface area contributed by atoms with Gasteiger partial charge in [-0.3, -0.25) is 0 Å². The number of benzene rings is 1. The average Bonchev–Trinajstić information content (AvgIpc) is 3.13. The van der Waals surface area contributed by atoms with E-state index < -0.39 is 15.4 Å². The lowest BCUT2D eigenvalue weighted by Gasteiger charge is -2.20. The molecule has 2 rings (SSSR count). The summed E-state index contributed by atoms with van der Waals surface area (Å²) in [7, 11) is -3.43. The van der Waals surface area contributed by atoms with Crippen molar-refractivity contribution in [3.8, 4) is 0 Å². The van der Waals surface area contributed by atoms with E-state index in [1.54, 1.807) is 31.2 Å². The van der Waals surface area contributed by atoms with Crippen LogP contribution in [-0.4, -0.2) is 44.9 Å². The summed E-state index contributed by atoms with van der Waals surface area (Å²) in [6.45, 7) is 12.5. The molecule has 1 aromatic heterocycles. The Balaban J connectivity index is 2.00. The van der Waals surface area contributed by atoms with Gasteiger partial charge in [-0.25, -0.2) is 13.4 Å². The van der Waals surface area contributed by atoms with Gasteiger partial charge in [0.1, 0.15) is 17.1 Å². The highest BCUT2D eigenvalue weighted by molar-refractivity contribution is 7.91. The number of aryl methyl sites for hydroxylation is 1. The van der Waals surface area contributed by atoms with Crippen LogP contribution in [0.3, 0.4) is 0 Å². The second kappa shape index (κ2) is 9.87. The molecule has 0 aliphatic carbocycles. The molecule has 172 valence electrons. The molecule has 3 N–H and O–H groups in total. The summed E-state index contributed by atoms with van der Waals surface area (Å²) in [6, 6.07) is 10.6. The summed E-state index contributed by atoms with van der Waals surface area (Å²) >= 11 is 0. The maximum Gasteiger partial charge on any atom is 0.191 e. The summed E-state index contributed by atoms with van der Waals surface area (Å²) in [4.78, 5) is 4.70. The number of hydrogen-bond donors (Lipinski definition) is 3. The minimum atomic E-state index is -3.43. The lowest BCUT2D eigenvalue weighted by Crippen LogP contribution is -2.40. The summed E-state index contributed by atoms with van der Waals surface area (Å²) < 4.78 is 30.9. The Morgan fingerprint density at radius 2 is 1.71 bits per heavy atom. The Morgan fingerprint density at radius 3 is 2.23 bits per heavy atom. The van der Waals surface area contributed by atoms with Gasteiger partial charge < -0.3 is 20.2 Å². The highest BCUT2D eigenvalue weighted by Crippen LogP contribution is 2.24. The number of sulfone groups is 1. The normalized spacial score (nSPS) is 14.9. The third kappa shape index (κ3) is 7.11. The first-order valence-corrected chi connectivity index (χ1v) is 12.1. The van der Waals surface area contributed by atoms with E-state index in [0.717, 1.165) is 5.56 Å². The van der Waals surface area contributed by atoms with E-state index in [9.17, 15) is 13.5 Å². The van der Waals surface area contributed by atoms with Gasteiger partial charge in [0.05, 0.1) is 17.2 Å². The number of furan rings is 1. The predicted molar refractivity (Wildman–Crippen MR) is 124 cm³/mol. The molecule has 0 aliphatic rings. The van der Waals surface area contributed by atoms with Gasteiger partial charge in [-0.1, -0.05) is 32.9 Å². The first-order valence-electron chi connectivity index (χ1n) is 10.5. The van der Waals surface area contributed by atoms with Crippen molar-refractivity contribution in [2.75, 3.05) is 25.4 Å². The molecule has 31 heavy (non-hydrogen) atoms. The van der Waals surface area contributed by atoms with E-state index in [0.29, 0.717) is 28.9 Å². The lowest BCUT2D eigenvalue weighted by molar-refractivity contribution is 0.0428. The number of rotatable bonds is 8. The third-order valence-electron chi connectivity index (χ3n) is 4.90. The van der Waals surface area contributed by atoms with E-state index in [1.165, 1.54) is 0 Å². The van der Waals surface area contributed by atoms with Crippen molar-refractivity contribution >= 4 is 15.8 Å². The fraction of sp³-hybridized carbons (Fsp3) is 0.522. The van der Waals surface area contributed by atoms with Gasteiger partial charge in [-0.15, -0.1) is 0 Å². The quantitative estimate of drug-likeness (QED) is 0.423. The zero-order chi connectivity index (χ0) is 23.3. The molecule has 0 bridgehead atoms. The smallest absolute Gasteiger partial charge is 0.191 e. The van der Waals surface area contributed by atoms with Gasteiger partial charge in [0.2, 0.25) is 0 Å². The highest BCUT2D eigenvalue weighted by Gasteiger charge is 2.26. The number of aliphatic hydroxyl groups is 1. The number of nitrogens with zero attached hydrogens (tertiary/aromatic N) is 1. The van der Waals surface area contributed by atoms with Crippen LogP contribution in [-0.2, 0) is 20.9 Å². The number of guanidine groups is 1. The van der Waals surface area contributed by atoms with Crippen LogP contribution < -0.4 is 10.6 Å². The number of aliphatic imine (C=N–C) groups is 1. The van der Waals surface area contributed by atoms with Crippen LogP contribution in [0.4, 0.5) is 0 Å². The Morgan fingerprint density at radius 1 is 1.06 bits per heavy atom. The molecule has 0 fully saturated rings. The molecule has 1 atom stereocenters. The van der Waals surface area contributed by atoms with Crippen LogP contribution in [0.25, 0.3) is 0 Å². The topological polar surface area (TPSA) is 104 Å². The number of hydrogen-bond acceptors (Lipinski definition) is 5. The molecule has 1 aromatic carbocycles. The van der Waals surface area contributed by atoms with E-state index >= 15 is 0 Å². The largest absolute Gasteiger partial charge is 0.463 e. The van der Waals surface area contributed by atoms with Crippen LogP contribution >= 0.6 is 0 Å². The van der Waals surface area contributed by atoms with Crippen LogP contribution in [0.15, 0.2) is 50.7 Å². The standard InChI is InChI=1S/C23H35N3O4S/c1-7-24-21(26-16-23(6,27)20-13-8-17(2)30-20)25-14-15-31(28,29)19-11-9-18(10-12-19)22(3,4)5/h8-13,27H,7,14-16H2,1-6H3,(H2,24,25,26). The van der Waals surface area contributed by atoms with Crippen molar-refractivity contribution in [1.82, 2.24) is 10.6 Å². The highest BCUT2D eigenvalue weighted by atomic mass is 32.2. The van der Waals surface area contributed by atoms with Gasteiger partial charge in [0, 0.05) is 13.1 Å². The lowest BCUT2D eigenvalue weighted by atomic mass is 9.87. The molecule has 2 aromatic rings. The van der Waals surface area contributed by atoms with E-state index in [2.05, 4.69) is 36.4 Å². The Hall–Kier alpha value is -2.32. The molecule has 0 radical (unpaired) electrons. The van der Waals surface area contributed by atoms with Crippen LogP contribution in [0.5, 0.6) is 0 Å². The summed E-state index contributed by atoms with van der Waals surface area (Å²) in [6.07, 6.45) is 0. The second-order valence-corrected chi connectivity index (χ2v) is 11.0. The van der Waals surface area contributed by atoms with E-state index in [-0.39, 0.29) is 24.3 Å². The summed E-state index contributed by atoms with van der Waals surface area (Å²) in [5.74, 6) is 1.51. The SMILES string of the molecule is CCNC(=NCC(C)(O)c1ccc(C)o1)NCCS(=O)(=O)c1ccc(C(C)(C)C)cc1. The minimum absolute atomic E-state index is 0.0312. The van der Waals surface area contributed by atoms with Crippen molar-refractivity contribution in [2.24, 2.45) is 4.99 Å². The van der Waals surface area contributed by atoms with Crippen LogP contribution in [0.1, 0.15) is 51.7 Å². The molecule has 0 spiro atoms. The molecular weight excluding hydrogens is 414 g/mol. The van der Waals surface area contributed by atoms with Crippen molar-refractivity contribution in [2.45, 2.75) is 57.5 Å². The van der Waals surface area contributed by atoms with Gasteiger partial charge >= 0.3 is 0 Å². The minimum Gasteiger partial charge on any atom is -0.463 e. The molecule has 0 aliphatic heterocycles. The molecule has 0 saturated carbocycles. The Labute approximate surface area is 185 Å². The molecule has 1 heterocycles. The zero-order valence-corrected chi connectivity index (χ0v) is 20.1. The molecule has 8 heteroatoms. The van der Waals surface area contributed by atoms with Crippen molar-refractivity contribution < 1.29 is 17.9 Å². The summed E-state index contributed by atoms with van der Waals surface area (Å²) in [5, 5.41) is 16.7. The monoisotopic (exact) mass is 449 g/mol. The van der Waals surface area contributed by atoms with Gasteiger partial charge in [0.25, 0.3) is 0 Å². The molecular formula is C23H35N3O4S. The first-order chi connectivity index (χ1) is 14.3. The van der Waals surface area contributed by atoms with Gasteiger partial charge in [0.15, 0.2) is 15.8 Å². The molecule has 1 unspecified atom stereocenters. The predicted octanol–water partition coefficient (Wildman–Crippen LogP) is 3.12. The van der Waals surface area contributed by atoms with Crippen molar-refractivity contribution in [1.29, 1.82) is 0 Å². The first kappa shape index (κ1) is 24.9. The van der Waals surface area contributed by atoms with Crippen molar-refractivity contribution in [3.63, 3.8) is 0 Å². The average molecular weight is 450 g/mol. The molecule has 0 amide bonds. The zero-order valence-electron chi connectivity index (χ0n) is 19.3. The van der Waals surface area contributed by atoms with Crippen molar-refractivity contribution in [3.05, 3.63) is 53.5 Å². The molecule has 7 nitrogen and oxygen atoms in total. The Kier molecular flexibility index (Phi) is 7.94. The fourth-order valence-corrected chi connectivity index (χ4v) is 4.12. The van der Waals surface area contributed by atoms with E-state index in [1.807, 2.05) is 26.0 Å². The van der Waals surface area contributed by atoms with Gasteiger partial charge in [-0.05, 0) is 56.0 Å². The second-order valence-electron chi connectivity index (χ2n) is 8.90. The summed E-state index contributed by atoms with van der Waals surface area (Å²) in [5.41, 5.74) is -0.210. The number of nitrogens with one attached hydrogen (secondary N) is 2. The van der Waals surface area contributed by atoms with E-state index in [4.69, 9.17) is 4.42 Å². The fourth-order valence-electron chi connectivity index (χ4n) is 2.96. The Bertz CT molecular complexity index is 985. The molecule has 0 saturated heterocycles. The third-order valence-corrected chi connectivity index (χ3v) is 6.64. The van der Waals surface area contributed by atoms with Crippen LogP contribution in [0.2, 0.25) is 0 Å².